The van der Waals surface area contributed by atoms with E-state index in [-0.39, 0.29) is 31.1 Å². The van der Waals surface area contributed by atoms with Crippen LogP contribution in [0.25, 0.3) is 0 Å². The third-order valence-electron chi connectivity index (χ3n) is 4.83. The molecule has 10 heteroatoms. The molecular weight excluding hydrogens is 422 g/mol. The van der Waals surface area contributed by atoms with E-state index in [2.05, 4.69) is 10.6 Å². The first-order valence-corrected chi connectivity index (χ1v) is 11.1. The average molecular weight is 448 g/mol. The summed E-state index contributed by atoms with van der Waals surface area (Å²) in [6, 6.07) is 13.6. The SMILES string of the molecule is COc1ccc(S(=O)(=O)N2CCO[C@@H]2CNC(=O)C(=O)NCc2ccc(C)cc2)cc1. The smallest absolute Gasteiger partial charge is 0.309 e. The minimum atomic E-state index is -3.83. The zero-order valence-corrected chi connectivity index (χ0v) is 18.1. The van der Waals surface area contributed by atoms with Crippen LogP contribution in [0.4, 0.5) is 0 Å². The van der Waals surface area contributed by atoms with Crippen molar-refractivity contribution in [1.82, 2.24) is 14.9 Å². The van der Waals surface area contributed by atoms with Gasteiger partial charge in [-0.05, 0) is 36.8 Å². The van der Waals surface area contributed by atoms with Crippen LogP contribution in [0.1, 0.15) is 11.1 Å². The number of ether oxygens (including phenoxy) is 2. The van der Waals surface area contributed by atoms with Crippen molar-refractivity contribution in [1.29, 1.82) is 0 Å². The highest BCUT2D eigenvalue weighted by Gasteiger charge is 2.36. The molecular formula is C21H25N3O6S. The van der Waals surface area contributed by atoms with Gasteiger partial charge in [0.2, 0.25) is 10.0 Å². The zero-order chi connectivity index (χ0) is 22.4. The first-order chi connectivity index (χ1) is 14.8. The number of hydrogen-bond acceptors (Lipinski definition) is 6. The lowest BCUT2D eigenvalue weighted by Gasteiger charge is -2.23. The number of methoxy groups -OCH3 is 1. The third-order valence-corrected chi connectivity index (χ3v) is 6.73. The van der Waals surface area contributed by atoms with E-state index in [1.807, 2.05) is 31.2 Å². The van der Waals surface area contributed by atoms with Crippen molar-refractivity contribution >= 4 is 21.8 Å². The fourth-order valence-electron chi connectivity index (χ4n) is 3.05. The molecule has 0 bridgehead atoms. The topological polar surface area (TPSA) is 114 Å². The molecule has 0 aromatic heterocycles. The number of carbonyl (C=O) groups excluding carboxylic acids is 2. The number of benzene rings is 2. The van der Waals surface area contributed by atoms with Crippen LogP contribution < -0.4 is 15.4 Å². The van der Waals surface area contributed by atoms with E-state index in [0.717, 1.165) is 11.1 Å². The largest absolute Gasteiger partial charge is 0.497 e. The molecule has 2 N–H and O–H groups in total. The quantitative estimate of drug-likeness (QED) is 0.607. The summed E-state index contributed by atoms with van der Waals surface area (Å²) in [6.07, 6.45) is -0.902. The number of amides is 2. The maximum Gasteiger partial charge on any atom is 0.309 e. The van der Waals surface area contributed by atoms with Gasteiger partial charge in [-0.25, -0.2) is 8.42 Å². The van der Waals surface area contributed by atoms with Crippen LogP contribution in [-0.2, 0) is 30.9 Å². The van der Waals surface area contributed by atoms with Gasteiger partial charge >= 0.3 is 11.8 Å². The Bertz CT molecular complexity index is 1020. The van der Waals surface area contributed by atoms with Gasteiger partial charge in [0.1, 0.15) is 12.0 Å². The Balaban J connectivity index is 1.55. The highest BCUT2D eigenvalue weighted by Crippen LogP contribution is 2.23. The second-order valence-corrected chi connectivity index (χ2v) is 8.89. The number of rotatable bonds is 7. The minimum Gasteiger partial charge on any atom is -0.497 e. The number of aryl methyl sites for hydroxylation is 1. The second kappa shape index (κ2) is 9.90. The van der Waals surface area contributed by atoms with Gasteiger partial charge in [0.15, 0.2) is 0 Å². The van der Waals surface area contributed by atoms with Gasteiger partial charge in [0.05, 0.1) is 25.2 Å². The fraction of sp³-hybridized carbons (Fsp3) is 0.333. The number of hydrogen-bond donors (Lipinski definition) is 2. The Hall–Kier alpha value is -2.95. The molecule has 1 saturated heterocycles. The van der Waals surface area contributed by atoms with Gasteiger partial charge in [-0.2, -0.15) is 4.31 Å². The molecule has 1 fully saturated rings. The molecule has 1 atom stereocenters. The molecule has 166 valence electrons. The highest BCUT2D eigenvalue weighted by atomic mass is 32.2. The Morgan fingerprint density at radius 2 is 1.71 bits per heavy atom. The second-order valence-electron chi connectivity index (χ2n) is 7.00. The van der Waals surface area contributed by atoms with Gasteiger partial charge in [-0.3, -0.25) is 9.59 Å². The van der Waals surface area contributed by atoms with Crippen LogP contribution in [-0.4, -0.2) is 57.6 Å². The first-order valence-electron chi connectivity index (χ1n) is 9.70. The minimum absolute atomic E-state index is 0.0889. The molecule has 0 radical (unpaired) electrons. The monoisotopic (exact) mass is 447 g/mol. The van der Waals surface area contributed by atoms with Crippen molar-refractivity contribution in [2.75, 3.05) is 26.8 Å². The summed E-state index contributed by atoms with van der Waals surface area (Å²) in [5.74, 6) is -1.12. The molecule has 0 aliphatic carbocycles. The summed E-state index contributed by atoms with van der Waals surface area (Å²) in [5.41, 5.74) is 1.96. The van der Waals surface area contributed by atoms with Gasteiger partial charge in [0.25, 0.3) is 0 Å². The van der Waals surface area contributed by atoms with Crippen LogP contribution >= 0.6 is 0 Å². The number of nitrogens with zero attached hydrogens (tertiary/aromatic N) is 1. The summed E-state index contributed by atoms with van der Waals surface area (Å²) >= 11 is 0. The predicted molar refractivity (Wildman–Crippen MR) is 113 cm³/mol. The Morgan fingerprint density at radius 1 is 1.06 bits per heavy atom. The van der Waals surface area contributed by atoms with Crippen LogP contribution in [0.5, 0.6) is 5.75 Å². The van der Waals surface area contributed by atoms with E-state index < -0.39 is 28.1 Å². The molecule has 1 heterocycles. The Labute approximate surface area is 181 Å². The van der Waals surface area contributed by atoms with E-state index >= 15 is 0 Å². The van der Waals surface area contributed by atoms with Crippen LogP contribution in [0, 0.1) is 6.92 Å². The van der Waals surface area contributed by atoms with Crippen molar-refractivity contribution in [3.8, 4) is 5.75 Å². The van der Waals surface area contributed by atoms with Gasteiger partial charge in [-0.1, -0.05) is 29.8 Å². The van der Waals surface area contributed by atoms with E-state index in [1.54, 1.807) is 12.1 Å². The molecule has 0 saturated carbocycles. The molecule has 2 aromatic carbocycles. The molecule has 1 aliphatic heterocycles. The number of sulfonamides is 1. The molecule has 9 nitrogen and oxygen atoms in total. The molecule has 2 aromatic rings. The normalized spacial score (nSPS) is 16.6. The Kier molecular flexibility index (Phi) is 7.26. The molecule has 2 amide bonds. The highest BCUT2D eigenvalue weighted by molar-refractivity contribution is 7.89. The number of carbonyl (C=O) groups is 2. The summed E-state index contributed by atoms with van der Waals surface area (Å²) in [5, 5.41) is 4.98. The molecule has 1 aliphatic rings. The van der Waals surface area contributed by atoms with Crippen LogP contribution in [0.2, 0.25) is 0 Å². The lowest BCUT2D eigenvalue weighted by molar-refractivity contribution is -0.139. The first kappa shape index (κ1) is 22.7. The summed E-state index contributed by atoms with van der Waals surface area (Å²) in [7, 11) is -2.34. The summed E-state index contributed by atoms with van der Waals surface area (Å²) in [4.78, 5) is 24.2. The van der Waals surface area contributed by atoms with Crippen molar-refractivity contribution < 1.29 is 27.5 Å². The summed E-state index contributed by atoms with van der Waals surface area (Å²) in [6.45, 7) is 2.36. The lowest BCUT2D eigenvalue weighted by atomic mass is 10.1. The predicted octanol–water partition coefficient (Wildman–Crippen LogP) is 0.783. The third kappa shape index (κ3) is 5.60. The lowest BCUT2D eigenvalue weighted by Crippen LogP contribution is -2.47. The van der Waals surface area contributed by atoms with E-state index in [0.29, 0.717) is 5.75 Å². The molecule has 31 heavy (non-hydrogen) atoms. The Morgan fingerprint density at radius 3 is 2.35 bits per heavy atom. The van der Waals surface area contributed by atoms with Crippen molar-refractivity contribution in [3.63, 3.8) is 0 Å². The molecule has 0 unspecified atom stereocenters. The van der Waals surface area contributed by atoms with Gasteiger partial charge in [0, 0.05) is 13.1 Å². The summed E-state index contributed by atoms with van der Waals surface area (Å²) < 4.78 is 37.5. The van der Waals surface area contributed by atoms with E-state index in [1.165, 1.54) is 23.5 Å². The van der Waals surface area contributed by atoms with Crippen molar-refractivity contribution in [2.24, 2.45) is 0 Å². The van der Waals surface area contributed by atoms with E-state index in [4.69, 9.17) is 9.47 Å². The number of nitrogens with one attached hydrogen (secondary N) is 2. The van der Waals surface area contributed by atoms with E-state index in [9.17, 15) is 18.0 Å². The zero-order valence-electron chi connectivity index (χ0n) is 17.3. The average Bonchev–Trinajstić information content (AvgIpc) is 3.26. The van der Waals surface area contributed by atoms with Gasteiger partial charge in [-0.15, -0.1) is 0 Å². The standard InChI is InChI=1S/C21H25N3O6S/c1-15-3-5-16(6-4-15)13-22-20(25)21(26)23-14-19-24(11-12-30-19)31(27,28)18-9-7-17(29-2)8-10-18/h3-10,19H,11-14H2,1-2H3,(H,22,25)(H,23,26)/t19-/m1/s1. The van der Waals surface area contributed by atoms with Crippen LogP contribution in [0.15, 0.2) is 53.4 Å². The van der Waals surface area contributed by atoms with Crippen molar-refractivity contribution in [2.45, 2.75) is 24.6 Å². The fourth-order valence-corrected chi connectivity index (χ4v) is 4.56. The van der Waals surface area contributed by atoms with Crippen molar-refractivity contribution in [3.05, 3.63) is 59.7 Å². The molecule has 3 rings (SSSR count). The van der Waals surface area contributed by atoms with Crippen LogP contribution in [0.3, 0.4) is 0 Å². The maximum atomic E-state index is 12.9. The molecule has 0 spiro atoms. The van der Waals surface area contributed by atoms with Gasteiger partial charge < -0.3 is 20.1 Å². The maximum absolute atomic E-state index is 12.9.